The maximum absolute atomic E-state index is 13.4. The average Bonchev–Trinajstić information content (AvgIpc) is 2.65. The Hall–Kier alpha value is -1.51. The Labute approximate surface area is 157 Å². The zero-order chi connectivity index (χ0) is 18.6. The Balaban J connectivity index is 1.85. The lowest BCUT2D eigenvalue weighted by molar-refractivity contribution is 0.0345. The van der Waals surface area contributed by atoms with Crippen LogP contribution in [0.3, 0.4) is 0 Å². The molecule has 0 radical (unpaired) electrons. The Morgan fingerprint density at radius 3 is 2.50 bits per heavy atom. The van der Waals surface area contributed by atoms with Crippen LogP contribution in [0.15, 0.2) is 53.4 Å². The molecule has 0 spiro atoms. The number of ether oxygens (including phenoxy) is 1. The lowest BCUT2D eigenvalue weighted by Gasteiger charge is -2.31. The fourth-order valence-electron chi connectivity index (χ4n) is 2.84. The van der Waals surface area contributed by atoms with E-state index in [1.807, 2.05) is 30.3 Å². The van der Waals surface area contributed by atoms with Crippen LogP contribution < -0.4 is 4.72 Å². The van der Waals surface area contributed by atoms with E-state index < -0.39 is 21.9 Å². The number of nitrogens with zero attached hydrogens (tertiary/aromatic N) is 1. The minimum Gasteiger partial charge on any atom is -0.379 e. The number of benzene rings is 2. The molecule has 0 bridgehead atoms. The summed E-state index contributed by atoms with van der Waals surface area (Å²) in [5, 5.41) is -0.225. The minimum atomic E-state index is -3.86. The van der Waals surface area contributed by atoms with Crippen LogP contribution in [0.4, 0.5) is 4.39 Å². The number of halogens is 2. The van der Waals surface area contributed by atoms with Crippen molar-refractivity contribution in [1.29, 1.82) is 0 Å². The Morgan fingerprint density at radius 2 is 1.85 bits per heavy atom. The van der Waals surface area contributed by atoms with Crippen LogP contribution in [0.25, 0.3) is 0 Å². The first-order chi connectivity index (χ1) is 12.5. The molecule has 1 heterocycles. The number of rotatable bonds is 6. The first kappa shape index (κ1) is 19.3. The topological polar surface area (TPSA) is 58.6 Å². The van der Waals surface area contributed by atoms with Gasteiger partial charge in [-0.15, -0.1) is 0 Å². The largest absolute Gasteiger partial charge is 0.379 e. The van der Waals surface area contributed by atoms with E-state index >= 15 is 0 Å². The Bertz CT molecular complexity index is 843. The van der Waals surface area contributed by atoms with E-state index in [1.54, 1.807) is 0 Å². The average molecular weight is 399 g/mol. The van der Waals surface area contributed by atoms with Crippen LogP contribution >= 0.6 is 11.6 Å². The summed E-state index contributed by atoms with van der Waals surface area (Å²) >= 11 is 5.74. The quantitative estimate of drug-likeness (QED) is 0.812. The lowest BCUT2D eigenvalue weighted by Crippen LogP contribution is -2.43. The summed E-state index contributed by atoms with van der Waals surface area (Å²) < 4.78 is 47.0. The molecule has 2 aromatic rings. The van der Waals surface area contributed by atoms with E-state index in [4.69, 9.17) is 16.3 Å². The SMILES string of the molecule is O=S(=O)(N[C@@H](CN1CCOCC1)c1ccccc1)c1ccc(F)c(Cl)c1. The van der Waals surface area contributed by atoms with Crippen molar-refractivity contribution in [3.63, 3.8) is 0 Å². The van der Waals surface area contributed by atoms with Crippen LogP contribution in [0.5, 0.6) is 0 Å². The van der Waals surface area contributed by atoms with Crippen molar-refractivity contribution in [1.82, 2.24) is 9.62 Å². The molecule has 0 aliphatic carbocycles. The van der Waals surface area contributed by atoms with Gasteiger partial charge < -0.3 is 4.74 Å². The van der Waals surface area contributed by atoms with Crippen LogP contribution in [-0.4, -0.2) is 46.2 Å². The molecule has 1 N–H and O–H groups in total. The van der Waals surface area contributed by atoms with Gasteiger partial charge in [0.05, 0.1) is 29.2 Å². The molecule has 2 aromatic carbocycles. The second-order valence-electron chi connectivity index (χ2n) is 6.07. The summed E-state index contributed by atoms with van der Waals surface area (Å²) in [5.41, 5.74) is 0.857. The van der Waals surface area contributed by atoms with Crippen molar-refractivity contribution in [2.24, 2.45) is 0 Å². The number of nitrogens with one attached hydrogen (secondary N) is 1. The highest BCUT2D eigenvalue weighted by atomic mass is 35.5. The molecule has 0 aromatic heterocycles. The van der Waals surface area contributed by atoms with Crippen LogP contribution in [0.1, 0.15) is 11.6 Å². The van der Waals surface area contributed by atoms with Gasteiger partial charge in [-0.3, -0.25) is 4.90 Å². The Morgan fingerprint density at radius 1 is 1.15 bits per heavy atom. The molecule has 1 saturated heterocycles. The molecule has 1 aliphatic heterocycles. The van der Waals surface area contributed by atoms with Gasteiger partial charge in [-0.25, -0.2) is 17.5 Å². The van der Waals surface area contributed by atoms with Crippen molar-refractivity contribution in [2.45, 2.75) is 10.9 Å². The molecule has 1 aliphatic rings. The van der Waals surface area contributed by atoms with Crippen molar-refractivity contribution >= 4 is 21.6 Å². The first-order valence-corrected chi connectivity index (χ1v) is 10.1. The standard InChI is InChI=1S/C18H20ClFN2O3S/c19-16-12-15(6-7-17(16)20)26(23,24)21-18(14-4-2-1-3-5-14)13-22-8-10-25-11-9-22/h1-7,12,18,21H,8-11,13H2/t18-/m0/s1. The van der Waals surface area contributed by atoms with Crippen molar-refractivity contribution in [2.75, 3.05) is 32.8 Å². The third-order valence-corrected chi connectivity index (χ3v) is 6.00. The summed E-state index contributed by atoms with van der Waals surface area (Å²) in [7, 11) is -3.86. The highest BCUT2D eigenvalue weighted by Crippen LogP contribution is 2.22. The molecule has 0 saturated carbocycles. The number of hydrogen-bond donors (Lipinski definition) is 1. The monoisotopic (exact) mass is 398 g/mol. The molecule has 1 fully saturated rings. The number of morpholine rings is 1. The summed E-state index contributed by atoms with van der Waals surface area (Å²) in [6.07, 6.45) is 0. The van der Waals surface area contributed by atoms with E-state index in [-0.39, 0.29) is 9.92 Å². The summed E-state index contributed by atoms with van der Waals surface area (Å²) in [5.74, 6) is -0.654. The van der Waals surface area contributed by atoms with Gasteiger partial charge >= 0.3 is 0 Å². The van der Waals surface area contributed by atoms with Crippen LogP contribution in [-0.2, 0) is 14.8 Å². The lowest BCUT2D eigenvalue weighted by atomic mass is 10.1. The number of sulfonamides is 1. The van der Waals surface area contributed by atoms with E-state index in [1.165, 1.54) is 6.07 Å². The molecule has 3 rings (SSSR count). The van der Waals surface area contributed by atoms with Gasteiger partial charge in [-0.05, 0) is 23.8 Å². The van der Waals surface area contributed by atoms with Gasteiger partial charge in [-0.2, -0.15) is 0 Å². The molecule has 5 nitrogen and oxygen atoms in total. The molecule has 1 atom stereocenters. The highest BCUT2D eigenvalue weighted by molar-refractivity contribution is 7.89. The normalized spacial score (nSPS) is 17.2. The van der Waals surface area contributed by atoms with Gasteiger partial charge in [0.2, 0.25) is 10.0 Å². The zero-order valence-corrected chi connectivity index (χ0v) is 15.6. The summed E-state index contributed by atoms with van der Waals surface area (Å²) in [6, 6.07) is 12.3. The zero-order valence-electron chi connectivity index (χ0n) is 14.1. The first-order valence-electron chi connectivity index (χ1n) is 8.28. The Kier molecular flexibility index (Phi) is 6.26. The number of hydrogen-bond acceptors (Lipinski definition) is 4. The highest BCUT2D eigenvalue weighted by Gasteiger charge is 2.25. The van der Waals surface area contributed by atoms with Crippen molar-refractivity contribution in [3.05, 3.63) is 64.9 Å². The van der Waals surface area contributed by atoms with E-state index in [9.17, 15) is 12.8 Å². The smallest absolute Gasteiger partial charge is 0.241 e. The van der Waals surface area contributed by atoms with Crippen LogP contribution in [0, 0.1) is 5.82 Å². The third kappa shape index (κ3) is 4.81. The minimum absolute atomic E-state index is 0.0631. The molecule has 8 heteroatoms. The van der Waals surface area contributed by atoms with Crippen molar-refractivity contribution in [3.8, 4) is 0 Å². The molecule has 0 unspecified atom stereocenters. The predicted molar refractivity (Wildman–Crippen MR) is 98.2 cm³/mol. The maximum Gasteiger partial charge on any atom is 0.241 e. The molecule has 140 valence electrons. The summed E-state index contributed by atoms with van der Waals surface area (Å²) in [6.45, 7) is 3.26. The fourth-order valence-corrected chi connectivity index (χ4v) is 4.32. The fraction of sp³-hybridized carbons (Fsp3) is 0.333. The van der Waals surface area contributed by atoms with Crippen molar-refractivity contribution < 1.29 is 17.5 Å². The van der Waals surface area contributed by atoms with Gasteiger partial charge in [0.25, 0.3) is 0 Å². The predicted octanol–water partition coefficient (Wildman–Crippen LogP) is 2.83. The maximum atomic E-state index is 13.4. The molecular weight excluding hydrogens is 379 g/mol. The molecular formula is C18H20ClFN2O3S. The van der Waals surface area contributed by atoms with Gasteiger partial charge in [0, 0.05) is 19.6 Å². The second kappa shape index (κ2) is 8.45. The van der Waals surface area contributed by atoms with Gasteiger partial charge in [-0.1, -0.05) is 41.9 Å². The van der Waals surface area contributed by atoms with E-state index in [2.05, 4.69) is 9.62 Å². The van der Waals surface area contributed by atoms with E-state index in [0.29, 0.717) is 19.8 Å². The second-order valence-corrected chi connectivity index (χ2v) is 8.19. The van der Waals surface area contributed by atoms with Crippen LogP contribution in [0.2, 0.25) is 5.02 Å². The summed E-state index contributed by atoms with van der Waals surface area (Å²) in [4.78, 5) is 2.09. The molecule has 0 amide bonds. The van der Waals surface area contributed by atoms with Gasteiger partial charge in [0.15, 0.2) is 0 Å². The van der Waals surface area contributed by atoms with Gasteiger partial charge in [0.1, 0.15) is 5.82 Å². The van der Waals surface area contributed by atoms with E-state index in [0.717, 1.165) is 30.8 Å². The molecule has 26 heavy (non-hydrogen) atoms. The third-order valence-electron chi connectivity index (χ3n) is 4.25.